The Labute approximate surface area is 137 Å². The Morgan fingerprint density at radius 1 is 1.15 bits per heavy atom. The maximum Gasteiger partial charge on any atom is 0.176 e. The third kappa shape index (κ3) is 5.52. The number of benzene rings is 1. The molecule has 0 aliphatic carbocycles. The van der Waals surface area contributed by atoms with Crippen LogP contribution in [0.15, 0.2) is 24.3 Å². The fraction of sp³-hybridized carbons (Fsp3) is 0.588. The zero-order valence-electron chi connectivity index (χ0n) is 13.0. The van der Waals surface area contributed by atoms with E-state index in [9.17, 15) is 4.79 Å². The van der Waals surface area contributed by atoms with E-state index >= 15 is 0 Å². The summed E-state index contributed by atoms with van der Waals surface area (Å²) in [5, 5.41) is 0. The number of Topliss-reactive ketones (excluding diaryl/α,β-unsaturated/α-hetero) is 1. The van der Waals surface area contributed by atoms with E-state index in [0.717, 1.165) is 28.5 Å². The average Bonchev–Trinajstić information content (AvgIpc) is 2.40. The highest BCUT2D eigenvalue weighted by molar-refractivity contribution is 14.1. The average molecular weight is 387 g/mol. The molecular weight excluding hydrogens is 361 g/mol. The largest absolute Gasteiger partial charge is 0.293 e. The highest BCUT2D eigenvalue weighted by Gasteiger charge is 2.19. The third-order valence-corrected chi connectivity index (χ3v) is 4.29. The lowest BCUT2D eigenvalue weighted by Crippen LogP contribution is -2.40. The second-order valence-electron chi connectivity index (χ2n) is 5.72. The lowest BCUT2D eigenvalue weighted by molar-refractivity contribution is 0.0866. The van der Waals surface area contributed by atoms with E-state index in [0.29, 0.717) is 18.5 Å². The number of hydrogen-bond acceptors (Lipinski definition) is 2. The summed E-state index contributed by atoms with van der Waals surface area (Å²) in [7, 11) is 0. The van der Waals surface area contributed by atoms with Crippen molar-refractivity contribution in [1.82, 2.24) is 4.90 Å². The van der Waals surface area contributed by atoms with E-state index in [1.807, 2.05) is 24.3 Å². The van der Waals surface area contributed by atoms with E-state index in [-0.39, 0.29) is 5.78 Å². The van der Waals surface area contributed by atoms with Gasteiger partial charge in [-0.15, -0.1) is 0 Å². The normalized spacial score (nSPS) is 11.6. The van der Waals surface area contributed by atoms with Gasteiger partial charge in [-0.25, -0.2) is 0 Å². The number of halogens is 1. The van der Waals surface area contributed by atoms with Gasteiger partial charge in [0.15, 0.2) is 5.78 Å². The Morgan fingerprint density at radius 2 is 1.70 bits per heavy atom. The molecule has 0 aliphatic heterocycles. The van der Waals surface area contributed by atoms with Crippen molar-refractivity contribution in [2.24, 2.45) is 5.92 Å². The molecule has 1 aromatic rings. The molecule has 0 radical (unpaired) electrons. The molecule has 20 heavy (non-hydrogen) atoms. The van der Waals surface area contributed by atoms with Gasteiger partial charge >= 0.3 is 0 Å². The van der Waals surface area contributed by atoms with Crippen molar-refractivity contribution in [3.63, 3.8) is 0 Å². The predicted molar refractivity (Wildman–Crippen MR) is 94.3 cm³/mol. The molecule has 1 rings (SSSR count). The van der Waals surface area contributed by atoms with Crippen LogP contribution in [0.25, 0.3) is 0 Å². The van der Waals surface area contributed by atoms with Crippen molar-refractivity contribution in [2.45, 2.75) is 46.6 Å². The second kappa shape index (κ2) is 8.78. The van der Waals surface area contributed by atoms with Crippen LogP contribution in [-0.2, 0) is 0 Å². The smallest absolute Gasteiger partial charge is 0.176 e. The molecule has 0 aromatic heterocycles. The minimum absolute atomic E-state index is 0.231. The summed E-state index contributed by atoms with van der Waals surface area (Å²) in [4.78, 5) is 14.8. The van der Waals surface area contributed by atoms with Crippen molar-refractivity contribution in [1.29, 1.82) is 0 Å². The molecule has 3 heteroatoms. The van der Waals surface area contributed by atoms with Gasteiger partial charge in [0.25, 0.3) is 0 Å². The first-order valence-corrected chi connectivity index (χ1v) is 8.58. The number of carbonyl (C=O) groups is 1. The van der Waals surface area contributed by atoms with Gasteiger partial charge in [0.2, 0.25) is 0 Å². The van der Waals surface area contributed by atoms with Gasteiger partial charge in [0.05, 0.1) is 6.54 Å². The first kappa shape index (κ1) is 17.6. The van der Waals surface area contributed by atoms with Crippen molar-refractivity contribution in [3.8, 4) is 0 Å². The van der Waals surface area contributed by atoms with Gasteiger partial charge in [0, 0.05) is 21.7 Å². The molecule has 0 heterocycles. The van der Waals surface area contributed by atoms with Gasteiger partial charge in [0.1, 0.15) is 0 Å². The number of ketones is 1. The van der Waals surface area contributed by atoms with E-state index in [4.69, 9.17) is 0 Å². The molecule has 112 valence electrons. The Morgan fingerprint density at radius 3 is 2.15 bits per heavy atom. The Hall–Kier alpha value is -0.420. The van der Waals surface area contributed by atoms with Gasteiger partial charge in [-0.3, -0.25) is 9.69 Å². The molecule has 2 nitrogen and oxygen atoms in total. The highest BCUT2D eigenvalue weighted by atomic mass is 127. The monoisotopic (exact) mass is 387 g/mol. The van der Waals surface area contributed by atoms with Crippen LogP contribution < -0.4 is 0 Å². The highest BCUT2D eigenvalue weighted by Crippen LogP contribution is 2.14. The standard InChI is InChI=1S/C17H26INO/c1-5-16(6-2)19(11-13(3)4)12-17(20)14-7-9-15(18)10-8-14/h7-10,13,16H,5-6,11-12H2,1-4H3. The van der Waals surface area contributed by atoms with E-state index in [1.165, 1.54) is 0 Å². The van der Waals surface area contributed by atoms with Crippen LogP contribution in [0.2, 0.25) is 0 Å². The van der Waals surface area contributed by atoms with Crippen LogP contribution in [0.3, 0.4) is 0 Å². The van der Waals surface area contributed by atoms with Gasteiger partial charge in [-0.2, -0.15) is 0 Å². The number of rotatable bonds is 8. The summed E-state index contributed by atoms with van der Waals surface area (Å²) in [6, 6.07) is 8.37. The first-order valence-electron chi connectivity index (χ1n) is 7.50. The fourth-order valence-corrected chi connectivity index (χ4v) is 2.89. The summed E-state index contributed by atoms with van der Waals surface area (Å²) in [6.45, 7) is 10.4. The zero-order chi connectivity index (χ0) is 15.1. The molecule has 0 fully saturated rings. The van der Waals surface area contributed by atoms with E-state index in [2.05, 4.69) is 55.2 Å². The summed E-state index contributed by atoms with van der Waals surface area (Å²) in [6.07, 6.45) is 2.20. The summed E-state index contributed by atoms with van der Waals surface area (Å²) in [5.41, 5.74) is 0.824. The molecule has 0 bridgehead atoms. The predicted octanol–water partition coefficient (Wildman–Crippen LogP) is 4.62. The van der Waals surface area contributed by atoms with Gasteiger partial charge in [-0.05, 0) is 53.5 Å². The molecule has 0 amide bonds. The molecule has 0 atom stereocenters. The minimum atomic E-state index is 0.231. The maximum absolute atomic E-state index is 12.4. The Bertz CT molecular complexity index is 410. The molecular formula is C17H26INO. The van der Waals surface area contributed by atoms with E-state index < -0.39 is 0 Å². The van der Waals surface area contributed by atoms with Crippen LogP contribution in [-0.4, -0.2) is 29.8 Å². The first-order chi connectivity index (χ1) is 9.47. The number of nitrogens with zero attached hydrogens (tertiary/aromatic N) is 1. The SMILES string of the molecule is CCC(CC)N(CC(=O)c1ccc(I)cc1)CC(C)C. The number of carbonyl (C=O) groups excluding carboxylic acids is 1. The fourth-order valence-electron chi connectivity index (χ4n) is 2.53. The van der Waals surface area contributed by atoms with Crippen molar-refractivity contribution in [3.05, 3.63) is 33.4 Å². The van der Waals surface area contributed by atoms with Crippen molar-refractivity contribution >= 4 is 28.4 Å². The molecule has 0 N–H and O–H groups in total. The summed E-state index contributed by atoms with van der Waals surface area (Å²) < 4.78 is 1.16. The second-order valence-corrected chi connectivity index (χ2v) is 6.97. The van der Waals surface area contributed by atoms with Gasteiger partial charge in [-0.1, -0.05) is 39.8 Å². The van der Waals surface area contributed by atoms with Crippen LogP contribution in [0.5, 0.6) is 0 Å². The molecule has 0 aliphatic rings. The molecule has 0 spiro atoms. The van der Waals surface area contributed by atoms with Crippen LogP contribution in [0.1, 0.15) is 50.9 Å². The van der Waals surface area contributed by atoms with Crippen LogP contribution >= 0.6 is 22.6 Å². The van der Waals surface area contributed by atoms with Crippen molar-refractivity contribution < 1.29 is 4.79 Å². The van der Waals surface area contributed by atoms with Gasteiger partial charge < -0.3 is 0 Å². The van der Waals surface area contributed by atoms with Crippen LogP contribution in [0.4, 0.5) is 0 Å². The molecule has 0 unspecified atom stereocenters. The minimum Gasteiger partial charge on any atom is -0.293 e. The quantitative estimate of drug-likeness (QED) is 0.479. The van der Waals surface area contributed by atoms with E-state index in [1.54, 1.807) is 0 Å². The Kier molecular flexibility index (Phi) is 7.74. The van der Waals surface area contributed by atoms with Crippen LogP contribution in [0, 0.1) is 9.49 Å². The molecule has 0 saturated heterocycles. The third-order valence-electron chi connectivity index (χ3n) is 3.57. The molecule has 1 aromatic carbocycles. The summed E-state index contributed by atoms with van der Waals surface area (Å²) >= 11 is 2.26. The molecule has 0 saturated carbocycles. The number of hydrogen-bond donors (Lipinski definition) is 0. The maximum atomic E-state index is 12.4. The topological polar surface area (TPSA) is 20.3 Å². The Balaban J connectivity index is 2.77. The van der Waals surface area contributed by atoms with Crippen molar-refractivity contribution in [2.75, 3.05) is 13.1 Å². The lowest BCUT2D eigenvalue weighted by atomic mass is 10.0. The zero-order valence-corrected chi connectivity index (χ0v) is 15.2. The summed E-state index contributed by atoms with van der Waals surface area (Å²) in [5.74, 6) is 0.814. The lowest BCUT2D eigenvalue weighted by Gasteiger charge is -2.31.